The molecule has 1 unspecified atom stereocenters. The Bertz CT molecular complexity index is 1340. The van der Waals surface area contributed by atoms with E-state index in [4.69, 9.17) is 0 Å². The smallest absolute Gasteiger partial charge is 0.395 e. The van der Waals surface area contributed by atoms with E-state index in [0.717, 1.165) is 0 Å². The molecule has 3 aromatic rings. The number of benzene rings is 2. The highest BCUT2D eigenvalue weighted by molar-refractivity contribution is 5.85. The van der Waals surface area contributed by atoms with Crippen LogP contribution in [0.1, 0.15) is 37.9 Å². The lowest BCUT2D eigenvalue weighted by Crippen LogP contribution is -2.33. The Hall–Kier alpha value is -2.99. The van der Waals surface area contributed by atoms with Gasteiger partial charge in [0.05, 0.1) is 37.1 Å². The van der Waals surface area contributed by atoms with Gasteiger partial charge in [-0.25, -0.2) is 4.39 Å². The molecule has 1 saturated carbocycles. The fraction of sp³-hybridized carbons (Fsp3) is 0.462. The lowest BCUT2D eigenvalue weighted by molar-refractivity contribution is -0.286. The van der Waals surface area contributed by atoms with E-state index < -0.39 is 41.9 Å². The van der Waals surface area contributed by atoms with Crippen molar-refractivity contribution in [1.82, 2.24) is 4.57 Å². The van der Waals surface area contributed by atoms with Crippen LogP contribution in [0.25, 0.3) is 10.9 Å². The Balaban J connectivity index is 1.46. The van der Waals surface area contributed by atoms with Crippen molar-refractivity contribution in [1.29, 1.82) is 0 Å². The monoisotopic (exact) mass is 522 g/mol. The third-order valence-electron chi connectivity index (χ3n) is 7.26. The van der Waals surface area contributed by atoms with Gasteiger partial charge in [-0.2, -0.15) is 0 Å². The summed E-state index contributed by atoms with van der Waals surface area (Å²) in [6, 6.07) is 8.92. The fourth-order valence-electron chi connectivity index (χ4n) is 4.90. The first kappa shape index (κ1) is 25.7. The molecule has 1 fully saturated rings. The minimum Gasteiger partial charge on any atom is -0.395 e. The number of alkyl halides is 2. The van der Waals surface area contributed by atoms with Crippen LogP contribution in [-0.2, 0) is 17.4 Å². The van der Waals surface area contributed by atoms with Gasteiger partial charge in [-0.1, -0.05) is 19.9 Å². The van der Waals surface area contributed by atoms with E-state index >= 15 is 4.39 Å². The Morgan fingerprint density at radius 3 is 2.41 bits per heavy atom. The molecule has 2 aliphatic rings. The summed E-state index contributed by atoms with van der Waals surface area (Å²) in [6.07, 6.45) is -4.97. The van der Waals surface area contributed by atoms with Crippen LogP contribution in [0.5, 0.6) is 11.5 Å². The van der Waals surface area contributed by atoms with Gasteiger partial charge in [0.25, 0.3) is 0 Å². The second-order valence-corrected chi connectivity index (χ2v) is 10.4. The van der Waals surface area contributed by atoms with E-state index in [9.17, 15) is 29.2 Å². The molecule has 200 valence electrons. The van der Waals surface area contributed by atoms with Gasteiger partial charge < -0.3 is 39.8 Å². The summed E-state index contributed by atoms with van der Waals surface area (Å²) in [5.74, 6) is -0.876. The molecule has 0 spiro atoms. The molecule has 1 aliphatic carbocycles. The van der Waals surface area contributed by atoms with Crippen molar-refractivity contribution in [3.63, 3.8) is 0 Å². The van der Waals surface area contributed by atoms with Crippen molar-refractivity contribution in [2.45, 2.75) is 62.7 Å². The average molecular weight is 523 g/mol. The third kappa shape index (κ3) is 4.50. The van der Waals surface area contributed by atoms with E-state index in [1.807, 2.05) is 0 Å². The molecule has 0 amide bonds. The van der Waals surface area contributed by atoms with Gasteiger partial charge in [-0.3, -0.25) is 0 Å². The van der Waals surface area contributed by atoms with E-state index in [-0.39, 0.29) is 30.3 Å². The topological polar surface area (TPSA) is 116 Å². The number of fused-ring (bicyclic) bond motifs is 2. The summed E-state index contributed by atoms with van der Waals surface area (Å²) < 4.78 is 52.8. The van der Waals surface area contributed by atoms with Crippen LogP contribution < -0.4 is 14.8 Å². The number of nitrogens with one attached hydrogen (secondary N) is 1. The zero-order valence-corrected chi connectivity index (χ0v) is 20.3. The number of rotatable bonds is 9. The Labute approximate surface area is 210 Å². The normalized spacial score (nSPS) is 19.2. The van der Waals surface area contributed by atoms with Crippen LogP contribution >= 0.6 is 0 Å². The number of aliphatic hydroxyl groups is 4. The SMILES string of the molecule is CC(C)(CO)c1cc2cc(NC(O)C3(c4ccc5c(c4)OC(F)(F)O5)CC3)c(F)cc2n1C[C@@H](O)CO. The van der Waals surface area contributed by atoms with Crippen LogP contribution in [0.4, 0.5) is 18.9 Å². The number of ether oxygens (including phenoxy) is 2. The molecule has 0 radical (unpaired) electrons. The molecule has 5 N–H and O–H groups in total. The van der Waals surface area contributed by atoms with E-state index in [0.29, 0.717) is 35.0 Å². The summed E-state index contributed by atoms with van der Waals surface area (Å²) in [6.45, 7) is 2.93. The zero-order chi connectivity index (χ0) is 26.8. The lowest BCUT2D eigenvalue weighted by atomic mass is 9.90. The predicted octanol–water partition coefficient (Wildman–Crippen LogP) is 3.19. The van der Waals surface area contributed by atoms with Crippen LogP contribution in [0.3, 0.4) is 0 Å². The van der Waals surface area contributed by atoms with Crippen LogP contribution in [0.15, 0.2) is 36.4 Å². The number of hydrogen-bond donors (Lipinski definition) is 5. The van der Waals surface area contributed by atoms with Crippen molar-refractivity contribution in [2.75, 3.05) is 18.5 Å². The standard InChI is InChI=1S/C26H29F3N2O6/c1-24(2,13-33)22-8-14-7-18(17(27)10-19(14)31(22)11-16(34)12-32)30-23(35)25(5-6-25)15-3-4-20-21(9-15)37-26(28,29)36-20/h3-4,7-10,16,23,30,32-35H,5-6,11-13H2,1-2H3/t16-,23?/m1/s1. The van der Waals surface area contributed by atoms with E-state index in [1.165, 1.54) is 24.3 Å². The van der Waals surface area contributed by atoms with Gasteiger partial charge >= 0.3 is 6.29 Å². The quantitative estimate of drug-likeness (QED) is 0.274. The van der Waals surface area contributed by atoms with Gasteiger partial charge in [0.1, 0.15) is 12.0 Å². The number of nitrogens with zero attached hydrogens (tertiary/aromatic N) is 1. The first-order valence-electron chi connectivity index (χ1n) is 12.0. The summed E-state index contributed by atoms with van der Waals surface area (Å²) in [4.78, 5) is 0. The number of anilines is 1. The van der Waals surface area contributed by atoms with Crippen LogP contribution in [0, 0.1) is 5.82 Å². The van der Waals surface area contributed by atoms with Gasteiger partial charge in [-0.15, -0.1) is 8.78 Å². The highest BCUT2D eigenvalue weighted by Gasteiger charge is 2.52. The first-order chi connectivity index (χ1) is 17.4. The van der Waals surface area contributed by atoms with Gasteiger partial charge in [0.15, 0.2) is 11.5 Å². The molecule has 1 aromatic heterocycles. The molecule has 0 bridgehead atoms. The van der Waals surface area contributed by atoms with E-state index in [1.54, 1.807) is 30.5 Å². The van der Waals surface area contributed by atoms with Crippen molar-refractivity contribution in [3.8, 4) is 11.5 Å². The molecule has 2 atom stereocenters. The number of aliphatic hydroxyl groups excluding tert-OH is 4. The minimum atomic E-state index is -3.75. The average Bonchev–Trinajstić information content (AvgIpc) is 3.50. The predicted molar refractivity (Wildman–Crippen MR) is 128 cm³/mol. The maximum Gasteiger partial charge on any atom is 0.586 e. The zero-order valence-electron chi connectivity index (χ0n) is 20.3. The number of aromatic nitrogens is 1. The summed E-state index contributed by atoms with van der Waals surface area (Å²) >= 11 is 0. The lowest BCUT2D eigenvalue weighted by Gasteiger charge is -2.26. The summed E-state index contributed by atoms with van der Waals surface area (Å²) in [5, 5.41) is 43.8. The van der Waals surface area contributed by atoms with Gasteiger partial charge in [0, 0.05) is 28.0 Å². The molecule has 2 aromatic carbocycles. The fourth-order valence-corrected chi connectivity index (χ4v) is 4.90. The minimum absolute atomic E-state index is 0.000125. The van der Waals surface area contributed by atoms with Crippen molar-refractivity contribution in [3.05, 3.63) is 53.5 Å². The van der Waals surface area contributed by atoms with Gasteiger partial charge in [0.2, 0.25) is 0 Å². The molecule has 37 heavy (non-hydrogen) atoms. The second-order valence-electron chi connectivity index (χ2n) is 10.4. The maximum absolute atomic E-state index is 15.3. The summed E-state index contributed by atoms with van der Waals surface area (Å²) in [7, 11) is 0. The maximum atomic E-state index is 15.3. The Morgan fingerprint density at radius 1 is 1.05 bits per heavy atom. The number of hydrogen-bond acceptors (Lipinski definition) is 7. The van der Waals surface area contributed by atoms with Crippen LogP contribution in [0.2, 0.25) is 0 Å². The largest absolute Gasteiger partial charge is 0.586 e. The highest BCUT2D eigenvalue weighted by Crippen LogP contribution is 2.54. The van der Waals surface area contributed by atoms with Crippen LogP contribution in [-0.4, -0.2) is 56.8 Å². The molecular weight excluding hydrogens is 493 g/mol. The molecule has 2 heterocycles. The Morgan fingerprint density at radius 2 is 1.76 bits per heavy atom. The molecule has 5 rings (SSSR count). The molecular formula is C26H29F3N2O6. The molecule has 0 saturated heterocycles. The molecule has 1 aliphatic heterocycles. The molecule has 8 nitrogen and oxygen atoms in total. The second kappa shape index (κ2) is 8.80. The van der Waals surface area contributed by atoms with Crippen molar-refractivity contribution >= 4 is 16.6 Å². The third-order valence-corrected chi connectivity index (χ3v) is 7.26. The van der Waals surface area contributed by atoms with Crippen molar-refractivity contribution < 1.29 is 43.1 Å². The van der Waals surface area contributed by atoms with E-state index in [2.05, 4.69) is 14.8 Å². The Kier molecular flexibility index (Phi) is 6.10. The van der Waals surface area contributed by atoms with Crippen molar-refractivity contribution in [2.24, 2.45) is 0 Å². The number of halogens is 3. The van der Waals surface area contributed by atoms with Gasteiger partial charge in [-0.05, 0) is 42.7 Å². The molecule has 11 heteroatoms. The highest BCUT2D eigenvalue weighted by atomic mass is 19.3. The summed E-state index contributed by atoms with van der Waals surface area (Å²) in [5.41, 5.74) is 0.159. The first-order valence-corrected chi connectivity index (χ1v) is 12.0.